The average Bonchev–Trinajstić information content (AvgIpc) is 2.69. The Labute approximate surface area is 161 Å². The molecule has 0 saturated heterocycles. The molecule has 0 bridgehead atoms. The molecule has 0 radical (unpaired) electrons. The van der Waals surface area contributed by atoms with E-state index in [1.54, 1.807) is 16.7 Å². The second-order valence-electron chi connectivity index (χ2n) is 7.33. The molecule has 140 valence electrons. The van der Waals surface area contributed by atoms with Gasteiger partial charge in [0.15, 0.2) is 0 Å². The zero-order valence-electron chi connectivity index (χ0n) is 17.1. The summed E-state index contributed by atoms with van der Waals surface area (Å²) in [5.74, 6) is 0. The first kappa shape index (κ1) is 20.5. The number of aryl methyl sites for hydroxylation is 1. The second kappa shape index (κ2) is 11.7. The van der Waals surface area contributed by atoms with Crippen LogP contribution in [0.4, 0.5) is 0 Å². The van der Waals surface area contributed by atoms with Gasteiger partial charge in [0.2, 0.25) is 0 Å². The van der Waals surface area contributed by atoms with E-state index in [2.05, 4.69) is 75.4 Å². The van der Waals surface area contributed by atoms with Gasteiger partial charge in [-0.05, 0) is 66.3 Å². The first-order valence-electron chi connectivity index (χ1n) is 10.7. The van der Waals surface area contributed by atoms with E-state index in [9.17, 15) is 0 Å². The first-order valence-corrected chi connectivity index (χ1v) is 10.7. The summed E-state index contributed by atoms with van der Waals surface area (Å²) in [4.78, 5) is 0. The monoisotopic (exact) mass is 348 g/mol. The fourth-order valence-corrected chi connectivity index (χ4v) is 3.58. The minimum absolute atomic E-state index is 1.21. The SMILES string of the molecule is CCCCc1ccc(C=Cc2ccccc2)c(CCCC)c1CCCC. The number of unbranched alkanes of at least 4 members (excludes halogenated alkanes) is 3. The zero-order chi connectivity index (χ0) is 18.6. The fourth-order valence-electron chi connectivity index (χ4n) is 3.58. The Bertz CT molecular complexity index is 664. The number of hydrogen-bond acceptors (Lipinski definition) is 0. The summed E-state index contributed by atoms with van der Waals surface area (Å²) in [5, 5.41) is 0. The van der Waals surface area contributed by atoms with Crippen LogP contribution in [0.15, 0.2) is 42.5 Å². The third-order valence-corrected chi connectivity index (χ3v) is 5.18. The maximum absolute atomic E-state index is 2.40. The fraction of sp³-hybridized carbons (Fsp3) is 0.462. The van der Waals surface area contributed by atoms with Gasteiger partial charge in [-0.15, -0.1) is 0 Å². The van der Waals surface area contributed by atoms with Gasteiger partial charge >= 0.3 is 0 Å². The highest BCUT2D eigenvalue weighted by Gasteiger charge is 2.11. The van der Waals surface area contributed by atoms with Crippen LogP contribution >= 0.6 is 0 Å². The van der Waals surface area contributed by atoms with Gasteiger partial charge in [0.25, 0.3) is 0 Å². The van der Waals surface area contributed by atoms with Crippen LogP contribution in [-0.4, -0.2) is 0 Å². The zero-order valence-corrected chi connectivity index (χ0v) is 17.1. The Morgan fingerprint density at radius 1 is 0.615 bits per heavy atom. The van der Waals surface area contributed by atoms with Crippen LogP contribution in [0.25, 0.3) is 12.2 Å². The summed E-state index contributed by atoms with van der Waals surface area (Å²) in [6.07, 6.45) is 16.0. The Kier molecular flexibility index (Phi) is 9.24. The molecule has 26 heavy (non-hydrogen) atoms. The van der Waals surface area contributed by atoms with Crippen LogP contribution in [0.2, 0.25) is 0 Å². The molecule has 0 aliphatic rings. The highest BCUT2D eigenvalue weighted by Crippen LogP contribution is 2.27. The van der Waals surface area contributed by atoms with Gasteiger partial charge in [0.1, 0.15) is 0 Å². The third kappa shape index (κ3) is 6.16. The minimum Gasteiger partial charge on any atom is -0.0654 e. The molecular weight excluding hydrogens is 312 g/mol. The summed E-state index contributed by atoms with van der Waals surface area (Å²) in [6.45, 7) is 6.89. The van der Waals surface area contributed by atoms with E-state index >= 15 is 0 Å². The number of hydrogen-bond donors (Lipinski definition) is 0. The molecule has 0 heterocycles. The molecule has 0 atom stereocenters. The van der Waals surface area contributed by atoms with Crippen molar-refractivity contribution in [2.75, 3.05) is 0 Å². The molecule has 0 heteroatoms. The van der Waals surface area contributed by atoms with Gasteiger partial charge in [0.05, 0.1) is 0 Å². The van der Waals surface area contributed by atoms with Crippen molar-refractivity contribution >= 4 is 12.2 Å². The minimum atomic E-state index is 1.21. The predicted octanol–water partition coefficient (Wildman–Crippen LogP) is 7.88. The molecule has 0 amide bonds. The number of benzene rings is 2. The topological polar surface area (TPSA) is 0 Å². The summed E-state index contributed by atoms with van der Waals surface area (Å²) in [6, 6.07) is 15.4. The average molecular weight is 349 g/mol. The molecule has 2 aromatic rings. The Morgan fingerprint density at radius 2 is 1.23 bits per heavy atom. The molecule has 0 unspecified atom stereocenters. The highest BCUT2D eigenvalue weighted by molar-refractivity contribution is 5.72. The van der Waals surface area contributed by atoms with Crippen LogP contribution in [0, 0.1) is 0 Å². The largest absolute Gasteiger partial charge is 0.0654 e. The molecule has 0 aliphatic carbocycles. The quantitative estimate of drug-likeness (QED) is 0.362. The Morgan fingerprint density at radius 3 is 1.88 bits per heavy atom. The lowest BCUT2D eigenvalue weighted by atomic mass is 9.87. The lowest BCUT2D eigenvalue weighted by Gasteiger charge is -2.18. The van der Waals surface area contributed by atoms with Crippen LogP contribution in [-0.2, 0) is 19.3 Å². The standard InChI is InChI=1S/C26H36/c1-4-7-15-23-20-21-24(19-18-22-13-11-10-12-14-22)26(17-9-6-3)25(23)16-8-5-2/h10-14,18-21H,4-9,15-17H2,1-3H3. The van der Waals surface area contributed by atoms with Crippen LogP contribution in [0.5, 0.6) is 0 Å². The molecule has 0 N–H and O–H groups in total. The van der Waals surface area contributed by atoms with Crippen molar-refractivity contribution in [2.24, 2.45) is 0 Å². The van der Waals surface area contributed by atoms with Gasteiger partial charge in [-0.1, -0.05) is 94.7 Å². The van der Waals surface area contributed by atoms with Crippen molar-refractivity contribution in [2.45, 2.75) is 78.6 Å². The highest BCUT2D eigenvalue weighted by atomic mass is 14.2. The summed E-state index contributed by atoms with van der Waals surface area (Å²) in [7, 11) is 0. The van der Waals surface area contributed by atoms with Crippen LogP contribution in [0.3, 0.4) is 0 Å². The molecular formula is C26H36. The third-order valence-electron chi connectivity index (χ3n) is 5.18. The van der Waals surface area contributed by atoms with E-state index in [1.165, 1.54) is 68.9 Å². The van der Waals surface area contributed by atoms with Gasteiger partial charge < -0.3 is 0 Å². The van der Waals surface area contributed by atoms with Crippen molar-refractivity contribution in [3.63, 3.8) is 0 Å². The van der Waals surface area contributed by atoms with Crippen LogP contribution < -0.4 is 0 Å². The first-order chi connectivity index (χ1) is 12.8. The molecule has 2 aromatic carbocycles. The summed E-state index contributed by atoms with van der Waals surface area (Å²) in [5.41, 5.74) is 7.57. The normalized spacial score (nSPS) is 11.3. The van der Waals surface area contributed by atoms with Crippen molar-refractivity contribution in [3.05, 3.63) is 70.3 Å². The van der Waals surface area contributed by atoms with Crippen LogP contribution in [0.1, 0.15) is 87.1 Å². The van der Waals surface area contributed by atoms with E-state index < -0.39 is 0 Å². The summed E-state index contributed by atoms with van der Waals surface area (Å²) < 4.78 is 0. The van der Waals surface area contributed by atoms with Crippen molar-refractivity contribution < 1.29 is 0 Å². The lowest BCUT2D eigenvalue weighted by Crippen LogP contribution is -2.04. The van der Waals surface area contributed by atoms with E-state index in [0.29, 0.717) is 0 Å². The van der Waals surface area contributed by atoms with Gasteiger partial charge in [0, 0.05) is 0 Å². The van der Waals surface area contributed by atoms with E-state index in [1.807, 2.05) is 0 Å². The molecule has 0 aromatic heterocycles. The predicted molar refractivity (Wildman–Crippen MR) is 118 cm³/mol. The second-order valence-corrected chi connectivity index (χ2v) is 7.33. The maximum Gasteiger partial charge on any atom is -0.0221 e. The Hall–Kier alpha value is -1.82. The lowest BCUT2D eigenvalue weighted by molar-refractivity contribution is 0.734. The molecule has 0 nitrogen and oxygen atoms in total. The number of rotatable bonds is 11. The van der Waals surface area contributed by atoms with Crippen molar-refractivity contribution in [3.8, 4) is 0 Å². The van der Waals surface area contributed by atoms with Gasteiger partial charge in [-0.2, -0.15) is 0 Å². The van der Waals surface area contributed by atoms with Crippen molar-refractivity contribution in [1.82, 2.24) is 0 Å². The Balaban J connectivity index is 2.39. The molecule has 0 spiro atoms. The molecule has 0 fully saturated rings. The molecule has 0 saturated carbocycles. The van der Waals surface area contributed by atoms with Gasteiger partial charge in [-0.25, -0.2) is 0 Å². The van der Waals surface area contributed by atoms with E-state index in [-0.39, 0.29) is 0 Å². The maximum atomic E-state index is 2.40. The molecule has 2 rings (SSSR count). The van der Waals surface area contributed by atoms with Crippen molar-refractivity contribution in [1.29, 1.82) is 0 Å². The van der Waals surface area contributed by atoms with E-state index in [4.69, 9.17) is 0 Å². The van der Waals surface area contributed by atoms with Gasteiger partial charge in [-0.3, -0.25) is 0 Å². The summed E-state index contributed by atoms with van der Waals surface area (Å²) >= 11 is 0. The van der Waals surface area contributed by atoms with E-state index in [0.717, 1.165) is 0 Å². The molecule has 0 aliphatic heterocycles. The smallest absolute Gasteiger partial charge is 0.0221 e.